The fourth-order valence-corrected chi connectivity index (χ4v) is 4.18. The molecule has 2 heterocycles. The minimum Gasteiger partial charge on any atom is -0.406 e. The second-order valence-corrected chi connectivity index (χ2v) is 8.41. The van der Waals surface area contributed by atoms with Gasteiger partial charge in [0.25, 0.3) is 5.91 Å². The lowest BCUT2D eigenvalue weighted by molar-refractivity contribution is -0.274. The lowest BCUT2D eigenvalue weighted by atomic mass is 10.2. The summed E-state index contributed by atoms with van der Waals surface area (Å²) in [5, 5.41) is 13.3. The summed E-state index contributed by atoms with van der Waals surface area (Å²) in [6.45, 7) is 1.13. The van der Waals surface area contributed by atoms with Gasteiger partial charge in [-0.05, 0) is 36.5 Å². The number of hydrogen-bond acceptors (Lipinski definition) is 8. The van der Waals surface area contributed by atoms with Crippen molar-refractivity contribution >= 4 is 55.8 Å². The number of nitrogens with zero attached hydrogens (tertiary/aromatic N) is 3. The van der Waals surface area contributed by atoms with E-state index in [2.05, 4.69) is 25.3 Å². The lowest BCUT2D eigenvalue weighted by Gasteiger charge is -2.07. The fourth-order valence-electron chi connectivity index (χ4n) is 3.29. The molecule has 2 aromatic carbocycles. The van der Waals surface area contributed by atoms with Crippen LogP contribution in [-0.2, 0) is 11.8 Å². The van der Waals surface area contributed by atoms with Crippen LogP contribution in [0.15, 0.2) is 36.4 Å². The minimum atomic E-state index is -4.77. The monoisotopic (exact) mass is 506 g/mol. The molecule has 9 nitrogen and oxygen atoms in total. The van der Waals surface area contributed by atoms with Gasteiger partial charge in [0, 0.05) is 31.6 Å². The average Bonchev–Trinajstić information content (AvgIpc) is 3.34. The zero-order valence-corrected chi connectivity index (χ0v) is 19.3. The Morgan fingerprint density at radius 2 is 2.00 bits per heavy atom. The molecule has 0 saturated heterocycles. The zero-order valence-electron chi connectivity index (χ0n) is 18.5. The molecule has 1 amide bonds. The molecule has 0 unspecified atom stereocenters. The molecular weight excluding hydrogens is 485 g/mol. The van der Waals surface area contributed by atoms with Gasteiger partial charge in [-0.15, -0.1) is 13.2 Å². The van der Waals surface area contributed by atoms with Crippen LogP contribution in [0, 0.1) is 5.41 Å². The predicted molar refractivity (Wildman–Crippen MR) is 127 cm³/mol. The van der Waals surface area contributed by atoms with Crippen molar-refractivity contribution in [3.8, 4) is 5.75 Å². The number of thiazole rings is 1. The molecule has 3 N–H and O–H groups in total. The number of aryl methyl sites for hydroxylation is 1. The molecule has 0 atom stereocenters. The molecule has 0 fully saturated rings. The fraction of sp³-hybridized carbons (Fsp3) is 0.273. The highest BCUT2D eigenvalue weighted by molar-refractivity contribution is 7.22. The maximum absolute atomic E-state index is 12.5. The van der Waals surface area contributed by atoms with Crippen molar-refractivity contribution in [1.29, 1.82) is 5.41 Å². The van der Waals surface area contributed by atoms with E-state index in [1.165, 1.54) is 24.4 Å². The first-order chi connectivity index (χ1) is 16.7. The normalized spacial score (nSPS) is 11.7. The Morgan fingerprint density at radius 3 is 2.77 bits per heavy atom. The van der Waals surface area contributed by atoms with Crippen molar-refractivity contribution in [2.75, 3.05) is 25.1 Å². The highest BCUT2D eigenvalue weighted by Gasteiger charge is 2.31. The SMILES string of the molecule is Cn1c(Nc2nc3ccc(OC(F)(F)F)cc3s2)nc2cc(C(=O)NCCOCCC=N)ccc21. The molecule has 0 aliphatic heterocycles. The van der Waals surface area contributed by atoms with Gasteiger partial charge in [0.05, 0.1) is 34.5 Å². The van der Waals surface area contributed by atoms with E-state index in [1.54, 1.807) is 29.8 Å². The summed E-state index contributed by atoms with van der Waals surface area (Å²) in [5.41, 5.74) is 2.33. The smallest absolute Gasteiger partial charge is 0.406 e. The number of fused-ring (bicyclic) bond motifs is 2. The predicted octanol–water partition coefficient (Wildman–Crippen LogP) is 4.61. The van der Waals surface area contributed by atoms with Gasteiger partial charge in [0.1, 0.15) is 5.75 Å². The maximum Gasteiger partial charge on any atom is 0.573 e. The zero-order chi connectivity index (χ0) is 25.0. The van der Waals surface area contributed by atoms with E-state index in [9.17, 15) is 18.0 Å². The third kappa shape index (κ3) is 6.05. The third-order valence-electron chi connectivity index (χ3n) is 4.89. The van der Waals surface area contributed by atoms with Gasteiger partial charge in [-0.2, -0.15) is 0 Å². The number of ether oxygens (including phenoxy) is 2. The third-order valence-corrected chi connectivity index (χ3v) is 5.83. The first kappa shape index (κ1) is 24.4. The van der Waals surface area contributed by atoms with Gasteiger partial charge in [-0.1, -0.05) is 11.3 Å². The van der Waals surface area contributed by atoms with E-state index in [0.717, 1.165) is 16.9 Å². The molecule has 0 aliphatic carbocycles. The molecule has 4 aromatic rings. The number of aromatic nitrogens is 3. The van der Waals surface area contributed by atoms with Crippen LogP contribution in [0.1, 0.15) is 16.8 Å². The Balaban J connectivity index is 1.46. The second kappa shape index (κ2) is 10.3. The van der Waals surface area contributed by atoms with Crippen molar-refractivity contribution < 1.29 is 27.4 Å². The standard InChI is InChI=1S/C22H21F3N6O3S/c1-31-17-6-3-13(19(32)27-8-10-33-9-2-7-26)11-16(17)28-20(31)30-21-29-15-5-4-14(12-18(15)35-21)34-22(23,24)25/h3-7,11-12,26H,2,8-10H2,1H3,(H,27,32)(H,28,29,30). The van der Waals surface area contributed by atoms with Crippen molar-refractivity contribution in [1.82, 2.24) is 19.9 Å². The van der Waals surface area contributed by atoms with Crippen LogP contribution in [0.2, 0.25) is 0 Å². The first-order valence-corrected chi connectivity index (χ1v) is 11.3. The summed E-state index contributed by atoms with van der Waals surface area (Å²) in [6.07, 6.45) is -2.97. The van der Waals surface area contributed by atoms with Gasteiger partial charge >= 0.3 is 6.36 Å². The number of benzene rings is 2. The summed E-state index contributed by atoms with van der Waals surface area (Å²) in [5.74, 6) is -0.111. The highest BCUT2D eigenvalue weighted by atomic mass is 32.1. The van der Waals surface area contributed by atoms with Crippen LogP contribution in [0.25, 0.3) is 21.3 Å². The van der Waals surface area contributed by atoms with Crippen molar-refractivity contribution in [3.63, 3.8) is 0 Å². The number of nitrogens with one attached hydrogen (secondary N) is 3. The number of rotatable bonds is 10. The second-order valence-electron chi connectivity index (χ2n) is 7.38. The molecule has 2 aromatic heterocycles. The number of hydrogen-bond donors (Lipinski definition) is 3. The van der Waals surface area contributed by atoms with Crippen LogP contribution in [-0.4, -0.2) is 52.8 Å². The Labute approximate surface area is 201 Å². The topological polar surface area (TPSA) is 114 Å². The summed E-state index contributed by atoms with van der Waals surface area (Å²) < 4.78 is 49.0. The van der Waals surface area contributed by atoms with E-state index in [-0.39, 0.29) is 11.7 Å². The minimum absolute atomic E-state index is 0.259. The Morgan fingerprint density at radius 1 is 1.17 bits per heavy atom. The Kier molecular flexibility index (Phi) is 7.17. The van der Waals surface area contributed by atoms with Crippen molar-refractivity contribution in [3.05, 3.63) is 42.0 Å². The Hall–Kier alpha value is -3.71. The molecular formula is C22H21F3N6O3S. The first-order valence-electron chi connectivity index (χ1n) is 10.5. The number of halogens is 3. The quantitative estimate of drug-likeness (QED) is 0.214. The van der Waals surface area contributed by atoms with Crippen molar-refractivity contribution in [2.45, 2.75) is 12.8 Å². The molecule has 35 heavy (non-hydrogen) atoms. The molecule has 0 radical (unpaired) electrons. The molecule has 0 aliphatic rings. The van der Waals surface area contributed by atoms with Crippen LogP contribution in [0.4, 0.5) is 24.3 Å². The van der Waals surface area contributed by atoms with Crippen LogP contribution < -0.4 is 15.4 Å². The highest BCUT2D eigenvalue weighted by Crippen LogP contribution is 2.33. The number of alkyl halides is 3. The molecule has 184 valence electrons. The average molecular weight is 507 g/mol. The van der Waals surface area contributed by atoms with Gasteiger partial charge < -0.3 is 30.1 Å². The van der Waals surface area contributed by atoms with E-state index in [4.69, 9.17) is 10.1 Å². The summed E-state index contributed by atoms with van der Waals surface area (Å²) in [7, 11) is 1.80. The summed E-state index contributed by atoms with van der Waals surface area (Å²) in [6, 6.07) is 9.09. The number of carbonyl (C=O) groups is 1. The lowest BCUT2D eigenvalue weighted by Crippen LogP contribution is -2.27. The molecule has 4 rings (SSSR count). The van der Waals surface area contributed by atoms with Crippen LogP contribution in [0.3, 0.4) is 0 Å². The molecule has 0 bridgehead atoms. The van der Waals surface area contributed by atoms with Crippen LogP contribution in [0.5, 0.6) is 5.75 Å². The van der Waals surface area contributed by atoms with Gasteiger partial charge in [-0.25, -0.2) is 9.97 Å². The van der Waals surface area contributed by atoms with Crippen LogP contribution >= 0.6 is 11.3 Å². The number of amides is 1. The van der Waals surface area contributed by atoms with Gasteiger partial charge in [0.15, 0.2) is 5.13 Å². The summed E-state index contributed by atoms with van der Waals surface area (Å²) in [4.78, 5) is 21.4. The number of imidazole rings is 1. The Bertz CT molecular complexity index is 1370. The number of carbonyl (C=O) groups excluding carboxylic acids is 1. The van der Waals surface area contributed by atoms with E-state index >= 15 is 0 Å². The van der Waals surface area contributed by atoms with Gasteiger partial charge in [0.2, 0.25) is 5.95 Å². The van der Waals surface area contributed by atoms with Gasteiger partial charge in [-0.3, -0.25) is 4.79 Å². The van der Waals surface area contributed by atoms with E-state index in [0.29, 0.717) is 58.6 Å². The molecule has 0 saturated carbocycles. The molecule has 13 heteroatoms. The van der Waals surface area contributed by atoms with E-state index in [1.807, 2.05) is 0 Å². The number of anilines is 2. The largest absolute Gasteiger partial charge is 0.573 e. The maximum atomic E-state index is 12.5. The summed E-state index contributed by atoms with van der Waals surface area (Å²) >= 11 is 1.16. The van der Waals surface area contributed by atoms with Crippen molar-refractivity contribution in [2.24, 2.45) is 7.05 Å². The molecule has 0 spiro atoms. The van der Waals surface area contributed by atoms with E-state index < -0.39 is 6.36 Å².